The second-order valence-electron chi connectivity index (χ2n) is 2.95. The van der Waals surface area contributed by atoms with Gasteiger partial charge in [0.25, 0.3) is 0 Å². The van der Waals surface area contributed by atoms with E-state index in [9.17, 15) is 4.79 Å². The number of carbonyl (C=O) groups is 1. The van der Waals surface area contributed by atoms with Gasteiger partial charge in [-0.1, -0.05) is 18.2 Å². The van der Waals surface area contributed by atoms with E-state index in [0.29, 0.717) is 6.61 Å². The van der Waals surface area contributed by atoms with Crippen molar-refractivity contribution in [3.05, 3.63) is 30.3 Å². The van der Waals surface area contributed by atoms with Crippen LogP contribution in [0.15, 0.2) is 30.3 Å². The van der Waals surface area contributed by atoms with Crippen LogP contribution in [0.5, 0.6) is 0 Å². The molecule has 0 aliphatic carbocycles. The summed E-state index contributed by atoms with van der Waals surface area (Å²) in [6, 6.07) is 9.13. The summed E-state index contributed by atoms with van der Waals surface area (Å²) in [4.78, 5) is 11.4. The van der Waals surface area contributed by atoms with E-state index in [0.717, 1.165) is 5.69 Å². The van der Waals surface area contributed by atoms with E-state index in [1.165, 1.54) is 0 Å². The average Bonchev–Trinajstić information content (AvgIpc) is 2.19. The van der Waals surface area contributed by atoms with Crippen LogP contribution in [-0.4, -0.2) is 18.4 Å². The average molecular weight is 206 g/mol. The minimum Gasteiger partial charge on any atom is -0.481 e. The van der Waals surface area contributed by atoms with E-state index in [1.54, 1.807) is 19.1 Å². The molecule has 1 aromatic carbocycles. The van der Waals surface area contributed by atoms with E-state index in [2.05, 4.69) is 5.32 Å². The molecule has 0 saturated carbocycles. The Hall–Kier alpha value is -1.84. The van der Waals surface area contributed by atoms with Crippen molar-refractivity contribution in [3.63, 3.8) is 0 Å². The third-order valence-electron chi connectivity index (χ3n) is 1.70. The number of carbonyl (C=O) groups excluding carboxylic acids is 1. The highest BCUT2D eigenvalue weighted by molar-refractivity contribution is 6.02. The van der Waals surface area contributed by atoms with E-state index < -0.39 is 0 Å². The third kappa shape index (κ3) is 4.26. The van der Waals surface area contributed by atoms with Gasteiger partial charge in [-0.3, -0.25) is 10.2 Å². The Morgan fingerprint density at radius 1 is 1.40 bits per heavy atom. The van der Waals surface area contributed by atoms with Crippen LogP contribution in [0.25, 0.3) is 0 Å². The summed E-state index contributed by atoms with van der Waals surface area (Å²) in [6.07, 6.45) is -0.0251. The van der Waals surface area contributed by atoms with Crippen molar-refractivity contribution in [2.45, 2.75) is 13.3 Å². The van der Waals surface area contributed by atoms with Gasteiger partial charge in [-0.25, -0.2) is 0 Å². The van der Waals surface area contributed by atoms with Gasteiger partial charge in [0.05, 0.1) is 6.61 Å². The molecule has 0 spiro atoms. The van der Waals surface area contributed by atoms with Gasteiger partial charge < -0.3 is 10.1 Å². The second-order valence-corrected chi connectivity index (χ2v) is 2.95. The Bertz CT molecular complexity index is 336. The first-order valence-electron chi connectivity index (χ1n) is 4.77. The van der Waals surface area contributed by atoms with Crippen molar-refractivity contribution in [1.29, 1.82) is 5.41 Å². The topological polar surface area (TPSA) is 62.2 Å². The summed E-state index contributed by atoms with van der Waals surface area (Å²) in [7, 11) is 0. The summed E-state index contributed by atoms with van der Waals surface area (Å²) in [5.74, 6) is -0.245. The first-order chi connectivity index (χ1) is 7.22. The molecular formula is C11H14N2O2. The van der Waals surface area contributed by atoms with Crippen LogP contribution in [0.4, 0.5) is 5.69 Å². The largest absolute Gasteiger partial charge is 0.481 e. The fourth-order valence-corrected chi connectivity index (χ4v) is 1.10. The molecule has 0 unspecified atom stereocenters. The quantitative estimate of drug-likeness (QED) is 0.585. The highest BCUT2D eigenvalue weighted by Gasteiger charge is 2.06. The summed E-state index contributed by atoms with van der Waals surface area (Å²) >= 11 is 0. The number of amides is 1. The maximum atomic E-state index is 11.4. The van der Waals surface area contributed by atoms with Crippen LogP contribution in [0.1, 0.15) is 13.3 Å². The summed E-state index contributed by atoms with van der Waals surface area (Å²) in [5, 5.41) is 9.97. The van der Waals surface area contributed by atoms with E-state index in [1.807, 2.05) is 18.2 Å². The van der Waals surface area contributed by atoms with Crippen LogP contribution in [-0.2, 0) is 9.53 Å². The number of ether oxygens (including phenoxy) is 1. The molecule has 15 heavy (non-hydrogen) atoms. The van der Waals surface area contributed by atoms with Gasteiger partial charge in [0.1, 0.15) is 6.42 Å². The molecule has 1 aromatic rings. The number of nitrogens with one attached hydrogen (secondary N) is 2. The van der Waals surface area contributed by atoms with E-state index >= 15 is 0 Å². The number of anilines is 1. The zero-order valence-electron chi connectivity index (χ0n) is 8.62. The molecule has 0 bridgehead atoms. The van der Waals surface area contributed by atoms with Crippen molar-refractivity contribution >= 4 is 17.5 Å². The van der Waals surface area contributed by atoms with Crippen LogP contribution in [0.3, 0.4) is 0 Å². The third-order valence-corrected chi connectivity index (χ3v) is 1.70. The molecule has 0 aromatic heterocycles. The zero-order chi connectivity index (χ0) is 11.1. The summed E-state index contributed by atoms with van der Waals surface area (Å²) in [6.45, 7) is 2.20. The Balaban J connectivity index is 2.40. The summed E-state index contributed by atoms with van der Waals surface area (Å²) < 4.78 is 4.87. The van der Waals surface area contributed by atoms with Gasteiger partial charge in [-0.05, 0) is 19.1 Å². The van der Waals surface area contributed by atoms with Crippen molar-refractivity contribution in [2.75, 3.05) is 11.9 Å². The standard InChI is InChI=1S/C11H14N2O2/c1-2-15-10(12)8-11(14)13-9-6-4-3-5-7-9/h3-7,12H,2,8H2,1H3,(H,13,14). The second kappa shape index (κ2) is 5.80. The first-order valence-corrected chi connectivity index (χ1v) is 4.77. The molecular weight excluding hydrogens is 192 g/mol. The van der Waals surface area contributed by atoms with Crippen LogP contribution in [0, 0.1) is 5.41 Å². The lowest BCUT2D eigenvalue weighted by Gasteiger charge is -2.06. The van der Waals surface area contributed by atoms with Crippen LogP contribution >= 0.6 is 0 Å². The lowest BCUT2D eigenvalue weighted by molar-refractivity contribution is -0.115. The molecule has 80 valence electrons. The lowest BCUT2D eigenvalue weighted by Crippen LogP contribution is -2.17. The molecule has 0 heterocycles. The SMILES string of the molecule is CCOC(=N)CC(=O)Nc1ccccc1. The first kappa shape index (κ1) is 11.2. The highest BCUT2D eigenvalue weighted by Crippen LogP contribution is 2.05. The molecule has 4 heteroatoms. The number of rotatable bonds is 4. The molecule has 0 radical (unpaired) electrons. The highest BCUT2D eigenvalue weighted by atomic mass is 16.5. The van der Waals surface area contributed by atoms with Gasteiger partial charge in [-0.2, -0.15) is 0 Å². The van der Waals surface area contributed by atoms with Crippen molar-refractivity contribution in [1.82, 2.24) is 0 Å². The Morgan fingerprint density at radius 2 is 2.07 bits per heavy atom. The Morgan fingerprint density at radius 3 is 2.67 bits per heavy atom. The molecule has 0 fully saturated rings. The van der Waals surface area contributed by atoms with Crippen LogP contribution in [0.2, 0.25) is 0 Å². The van der Waals surface area contributed by atoms with Crippen molar-refractivity contribution < 1.29 is 9.53 Å². The Kier molecular flexibility index (Phi) is 4.34. The minimum absolute atomic E-state index is 0.00840. The normalized spacial score (nSPS) is 9.40. The summed E-state index contributed by atoms with van der Waals surface area (Å²) in [5.41, 5.74) is 0.729. The maximum absolute atomic E-state index is 11.4. The molecule has 1 rings (SSSR count). The number of hydrogen-bond acceptors (Lipinski definition) is 3. The molecule has 0 atom stereocenters. The minimum atomic E-state index is -0.236. The molecule has 0 aliphatic rings. The molecule has 1 amide bonds. The number of hydrogen-bond donors (Lipinski definition) is 2. The zero-order valence-corrected chi connectivity index (χ0v) is 8.62. The predicted molar refractivity (Wildman–Crippen MR) is 59.0 cm³/mol. The monoisotopic (exact) mass is 206 g/mol. The predicted octanol–water partition coefficient (Wildman–Crippen LogP) is 2.03. The van der Waals surface area contributed by atoms with Gasteiger partial charge in [0.2, 0.25) is 5.91 Å². The number of benzene rings is 1. The van der Waals surface area contributed by atoms with Gasteiger partial charge in [0, 0.05) is 5.69 Å². The van der Waals surface area contributed by atoms with Crippen molar-refractivity contribution in [2.24, 2.45) is 0 Å². The smallest absolute Gasteiger partial charge is 0.233 e. The van der Waals surface area contributed by atoms with Gasteiger partial charge in [-0.15, -0.1) is 0 Å². The molecule has 4 nitrogen and oxygen atoms in total. The molecule has 0 aliphatic heterocycles. The molecule has 2 N–H and O–H groups in total. The van der Waals surface area contributed by atoms with Crippen molar-refractivity contribution in [3.8, 4) is 0 Å². The van der Waals surface area contributed by atoms with Gasteiger partial charge >= 0.3 is 0 Å². The maximum Gasteiger partial charge on any atom is 0.233 e. The lowest BCUT2D eigenvalue weighted by atomic mass is 10.3. The molecule has 0 saturated heterocycles. The van der Waals surface area contributed by atoms with E-state index in [4.69, 9.17) is 10.1 Å². The fraction of sp³-hybridized carbons (Fsp3) is 0.273. The van der Waals surface area contributed by atoms with Crippen LogP contribution < -0.4 is 5.32 Å². The van der Waals surface area contributed by atoms with Gasteiger partial charge in [0.15, 0.2) is 5.90 Å². The Labute approximate surface area is 88.8 Å². The fourth-order valence-electron chi connectivity index (χ4n) is 1.10. The number of para-hydroxylation sites is 1. The van der Waals surface area contributed by atoms with E-state index in [-0.39, 0.29) is 18.2 Å².